The van der Waals surface area contributed by atoms with Crippen LogP contribution in [0.4, 0.5) is 17.2 Å². The number of esters is 1. The van der Waals surface area contributed by atoms with Gasteiger partial charge in [-0.15, -0.1) is 11.3 Å². The summed E-state index contributed by atoms with van der Waals surface area (Å²) in [6.07, 6.45) is 1.84. The van der Waals surface area contributed by atoms with Gasteiger partial charge in [0.05, 0.1) is 22.7 Å². The lowest BCUT2D eigenvalue weighted by atomic mass is 9.96. The highest BCUT2D eigenvalue weighted by Gasteiger charge is 2.34. The number of nitrogens with one attached hydrogen (secondary N) is 1. The Labute approximate surface area is 207 Å². The van der Waals surface area contributed by atoms with E-state index in [1.807, 2.05) is 0 Å². The van der Waals surface area contributed by atoms with Crippen LogP contribution in [-0.4, -0.2) is 53.5 Å². The van der Waals surface area contributed by atoms with Crippen molar-refractivity contribution in [3.8, 4) is 0 Å². The minimum absolute atomic E-state index is 0.106. The average molecular weight is 494 g/mol. The number of aryl methyl sites for hydroxylation is 2. The molecule has 9 nitrogen and oxygen atoms in total. The fourth-order valence-corrected chi connectivity index (χ4v) is 5.69. The Bertz CT molecular complexity index is 1310. The van der Waals surface area contributed by atoms with Gasteiger partial charge < -0.3 is 15.0 Å². The molecule has 1 unspecified atom stereocenters. The maximum Gasteiger partial charge on any atom is 0.309 e. The number of anilines is 3. The molecule has 182 valence electrons. The molecular formula is C25H27N5O4S. The van der Waals surface area contributed by atoms with Crippen molar-refractivity contribution in [2.75, 3.05) is 34.8 Å². The standard InChI is InChI=1S/C25H27N5O4S/c1-14-16(3)35-23-21(14)22(26-13-27-23)29-10-8-17(9-11-29)25(33)34-15(2)24(32)30-12-20(31)28-18-6-4-5-7-19(18)30/h4-7,13,15,17H,8-12H2,1-3H3,(H,28,31). The van der Waals surface area contributed by atoms with Crippen LogP contribution >= 0.6 is 11.3 Å². The van der Waals surface area contributed by atoms with E-state index in [9.17, 15) is 14.4 Å². The van der Waals surface area contributed by atoms with E-state index in [-0.39, 0.29) is 24.3 Å². The van der Waals surface area contributed by atoms with Gasteiger partial charge in [0, 0.05) is 18.0 Å². The molecule has 1 N–H and O–H groups in total. The normalized spacial score (nSPS) is 17.2. The number of piperidine rings is 1. The second-order valence-electron chi connectivity index (χ2n) is 8.99. The predicted molar refractivity (Wildman–Crippen MR) is 135 cm³/mol. The quantitative estimate of drug-likeness (QED) is 0.555. The van der Waals surface area contributed by atoms with E-state index in [0.29, 0.717) is 37.3 Å². The molecular weight excluding hydrogens is 466 g/mol. The third kappa shape index (κ3) is 4.34. The van der Waals surface area contributed by atoms with Crippen molar-refractivity contribution < 1.29 is 19.1 Å². The van der Waals surface area contributed by atoms with Gasteiger partial charge in [0.2, 0.25) is 5.91 Å². The first kappa shape index (κ1) is 23.2. The minimum atomic E-state index is -0.989. The average Bonchev–Trinajstić information content (AvgIpc) is 3.16. The van der Waals surface area contributed by atoms with E-state index < -0.39 is 12.0 Å². The summed E-state index contributed by atoms with van der Waals surface area (Å²) in [6, 6.07) is 7.08. The summed E-state index contributed by atoms with van der Waals surface area (Å²) in [5.74, 6) is -0.450. The van der Waals surface area contributed by atoms with Crippen molar-refractivity contribution >= 4 is 56.5 Å². The van der Waals surface area contributed by atoms with Crippen molar-refractivity contribution in [2.24, 2.45) is 5.92 Å². The lowest BCUT2D eigenvalue weighted by molar-refractivity contribution is -0.158. The van der Waals surface area contributed by atoms with E-state index in [1.54, 1.807) is 48.9 Å². The zero-order chi connectivity index (χ0) is 24.7. The number of para-hydroxylation sites is 2. The number of nitrogens with zero attached hydrogens (tertiary/aromatic N) is 4. The first-order chi connectivity index (χ1) is 16.8. The number of aromatic nitrogens is 2. The van der Waals surface area contributed by atoms with Crippen LogP contribution in [0.2, 0.25) is 0 Å². The van der Waals surface area contributed by atoms with E-state index in [1.165, 1.54) is 15.3 Å². The van der Waals surface area contributed by atoms with Gasteiger partial charge >= 0.3 is 5.97 Å². The Morgan fingerprint density at radius 2 is 1.91 bits per heavy atom. The summed E-state index contributed by atoms with van der Waals surface area (Å²) in [5, 5.41) is 3.84. The predicted octanol–water partition coefficient (Wildman–Crippen LogP) is 3.44. The van der Waals surface area contributed by atoms with Crippen molar-refractivity contribution in [2.45, 2.75) is 39.7 Å². The lowest BCUT2D eigenvalue weighted by Gasteiger charge is -2.33. The van der Waals surface area contributed by atoms with Crippen molar-refractivity contribution in [1.82, 2.24) is 9.97 Å². The number of thiophene rings is 1. The number of benzene rings is 1. The number of amides is 2. The highest BCUT2D eigenvalue weighted by Crippen LogP contribution is 2.36. The lowest BCUT2D eigenvalue weighted by Crippen LogP contribution is -2.47. The highest BCUT2D eigenvalue weighted by atomic mass is 32.1. The van der Waals surface area contributed by atoms with E-state index in [4.69, 9.17) is 4.74 Å². The maximum atomic E-state index is 13.1. The molecule has 2 aliphatic heterocycles. The molecule has 5 rings (SSSR count). The number of ether oxygens (including phenoxy) is 1. The first-order valence-corrected chi connectivity index (χ1v) is 12.5. The Hall–Kier alpha value is -3.53. The second-order valence-corrected chi connectivity index (χ2v) is 10.2. The van der Waals surface area contributed by atoms with Gasteiger partial charge in [0.15, 0.2) is 6.10 Å². The molecule has 0 bridgehead atoms. The molecule has 1 aromatic carbocycles. The molecule has 2 aliphatic rings. The van der Waals surface area contributed by atoms with Gasteiger partial charge in [0.1, 0.15) is 23.5 Å². The van der Waals surface area contributed by atoms with Crippen LogP contribution in [0.15, 0.2) is 30.6 Å². The number of hydrogen-bond acceptors (Lipinski definition) is 8. The molecule has 3 aromatic rings. The monoisotopic (exact) mass is 493 g/mol. The SMILES string of the molecule is Cc1sc2ncnc(N3CCC(C(=O)OC(C)C(=O)N4CC(=O)Nc5ccccc54)CC3)c2c1C. The number of rotatable bonds is 4. The van der Waals surface area contributed by atoms with Crippen LogP contribution in [-0.2, 0) is 19.1 Å². The molecule has 10 heteroatoms. The Kier molecular flexibility index (Phi) is 6.14. The zero-order valence-corrected chi connectivity index (χ0v) is 20.7. The topological polar surface area (TPSA) is 105 Å². The zero-order valence-electron chi connectivity index (χ0n) is 19.9. The van der Waals surface area contributed by atoms with Crippen molar-refractivity contribution in [3.05, 3.63) is 41.0 Å². The highest BCUT2D eigenvalue weighted by molar-refractivity contribution is 7.18. The number of hydrogen-bond donors (Lipinski definition) is 1. The summed E-state index contributed by atoms with van der Waals surface area (Å²) < 4.78 is 5.58. The minimum Gasteiger partial charge on any atom is -0.452 e. The summed E-state index contributed by atoms with van der Waals surface area (Å²) in [7, 11) is 0. The third-order valence-electron chi connectivity index (χ3n) is 6.75. The molecule has 1 fully saturated rings. The van der Waals surface area contributed by atoms with Crippen LogP contribution in [0.25, 0.3) is 10.2 Å². The smallest absolute Gasteiger partial charge is 0.309 e. The number of carbonyl (C=O) groups excluding carboxylic acids is 3. The summed E-state index contributed by atoms with van der Waals surface area (Å²) >= 11 is 1.67. The van der Waals surface area contributed by atoms with Gasteiger partial charge in [0.25, 0.3) is 5.91 Å². The molecule has 2 amide bonds. The van der Waals surface area contributed by atoms with Gasteiger partial charge in [-0.05, 0) is 51.3 Å². The summed E-state index contributed by atoms with van der Waals surface area (Å²) in [5.41, 5.74) is 2.36. The van der Waals surface area contributed by atoms with E-state index in [2.05, 4.69) is 34.0 Å². The fraction of sp³-hybridized carbons (Fsp3) is 0.400. The number of carbonyl (C=O) groups is 3. The van der Waals surface area contributed by atoms with Crippen LogP contribution in [0, 0.1) is 19.8 Å². The van der Waals surface area contributed by atoms with Gasteiger partial charge in [-0.1, -0.05) is 12.1 Å². The Balaban J connectivity index is 1.22. The molecule has 0 saturated carbocycles. The maximum absolute atomic E-state index is 13.1. The first-order valence-electron chi connectivity index (χ1n) is 11.7. The number of fused-ring (bicyclic) bond motifs is 2. The van der Waals surface area contributed by atoms with Crippen LogP contribution in [0.5, 0.6) is 0 Å². The summed E-state index contributed by atoms with van der Waals surface area (Å²) in [4.78, 5) is 52.8. The molecule has 0 aliphatic carbocycles. The largest absolute Gasteiger partial charge is 0.452 e. The van der Waals surface area contributed by atoms with E-state index in [0.717, 1.165) is 16.0 Å². The summed E-state index contributed by atoms with van der Waals surface area (Å²) in [6.45, 7) is 6.97. The molecule has 0 spiro atoms. The van der Waals surface area contributed by atoms with Crippen molar-refractivity contribution in [3.63, 3.8) is 0 Å². The van der Waals surface area contributed by atoms with Crippen LogP contribution in [0.3, 0.4) is 0 Å². The van der Waals surface area contributed by atoms with Crippen LogP contribution in [0.1, 0.15) is 30.2 Å². The molecule has 35 heavy (non-hydrogen) atoms. The van der Waals surface area contributed by atoms with Crippen molar-refractivity contribution in [1.29, 1.82) is 0 Å². The van der Waals surface area contributed by atoms with Gasteiger partial charge in [-0.25, -0.2) is 9.97 Å². The Morgan fingerprint density at radius 3 is 2.69 bits per heavy atom. The third-order valence-corrected chi connectivity index (χ3v) is 7.87. The fourth-order valence-electron chi connectivity index (χ4n) is 4.70. The van der Waals surface area contributed by atoms with E-state index >= 15 is 0 Å². The molecule has 0 radical (unpaired) electrons. The van der Waals surface area contributed by atoms with Crippen LogP contribution < -0.4 is 15.1 Å². The van der Waals surface area contributed by atoms with Gasteiger partial charge in [-0.3, -0.25) is 19.3 Å². The molecule has 4 heterocycles. The van der Waals surface area contributed by atoms with Gasteiger partial charge in [-0.2, -0.15) is 0 Å². The molecule has 2 aromatic heterocycles. The Morgan fingerprint density at radius 1 is 1.17 bits per heavy atom. The second kappa shape index (κ2) is 9.26. The molecule has 1 atom stereocenters. The molecule has 1 saturated heterocycles.